The van der Waals surface area contributed by atoms with Crippen LogP contribution in [0.15, 0.2) is 53.1 Å². The monoisotopic (exact) mass is 356 g/mol. The molecular weight excluding hydrogens is 338 g/mol. The standard InChI is InChI=1S/C18H18BFN2O4/c20-14-7-11(5-6-15(14)21)8-18(23)22-17(19(24)25)9-12-10-26-16-4-2-1-3-13(12)16/h1-7,10,17,24-25H,8-9,21H2,(H,22,23). The van der Waals surface area contributed by atoms with Crippen LogP contribution in [0.4, 0.5) is 10.1 Å². The van der Waals surface area contributed by atoms with Crippen molar-refractivity contribution in [3.8, 4) is 0 Å². The van der Waals surface area contributed by atoms with Crippen molar-refractivity contribution in [1.29, 1.82) is 0 Å². The molecule has 1 atom stereocenters. The van der Waals surface area contributed by atoms with Crippen molar-refractivity contribution < 1.29 is 23.7 Å². The summed E-state index contributed by atoms with van der Waals surface area (Å²) in [6.07, 6.45) is 1.60. The van der Waals surface area contributed by atoms with Crippen LogP contribution < -0.4 is 11.1 Å². The Morgan fingerprint density at radius 3 is 2.77 bits per heavy atom. The van der Waals surface area contributed by atoms with Gasteiger partial charge in [0, 0.05) is 5.39 Å². The van der Waals surface area contributed by atoms with E-state index in [2.05, 4.69) is 5.32 Å². The number of nitrogens with two attached hydrogens (primary N) is 1. The van der Waals surface area contributed by atoms with Crippen LogP contribution in [0.2, 0.25) is 0 Å². The van der Waals surface area contributed by atoms with Gasteiger partial charge in [0.1, 0.15) is 11.4 Å². The lowest BCUT2D eigenvalue weighted by Gasteiger charge is -2.17. The molecule has 134 valence electrons. The number of hydrogen-bond acceptors (Lipinski definition) is 5. The van der Waals surface area contributed by atoms with Gasteiger partial charge in [0.15, 0.2) is 0 Å². The molecule has 6 nitrogen and oxygen atoms in total. The van der Waals surface area contributed by atoms with E-state index in [1.54, 1.807) is 12.1 Å². The maximum atomic E-state index is 13.5. The summed E-state index contributed by atoms with van der Waals surface area (Å²) in [6.45, 7) is 0. The molecule has 0 saturated carbocycles. The maximum absolute atomic E-state index is 13.5. The molecule has 0 saturated heterocycles. The van der Waals surface area contributed by atoms with Crippen LogP contribution in [0.3, 0.4) is 0 Å². The number of halogens is 1. The van der Waals surface area contributed by atoms with Crippen LogP contribution in [0.5, 0.6) is 0 Å². The second-order valence-corrected chi connectivity index (χ2v) is 6.08. The molecule has 5 N–H and O–H groups in total. The number of fused-ring (bicyclic) bond motifs is 1. The number of carbonyl (C=O) groups excluding carboxylic acids is 1. The van der Waals surface area contributed by atoms with Crippen molar-refractivity contribution in [2.45, 2.75) is 18.8 Å². The Morgan fingerprint density at radius 1 is 1.27 bits per heavy atom. The first-order chi connectivity index (χ1) is 12.4. The average Bonchev–Trinajstić information content (AvgIpc) is 3.01. The number of rotatable bonds is 6. The zero-order chi connectivity index (χ0) is 18.7. The van der Waals surface area contributed by atoms with Crippen molar-refractivity contribution in [3.05, 3.63) is 65.7 Å². The molecule has 3 aromatic rings. The first kappa shape index (κ1) is 18.0. The molecular formula is C18H18BFN2O4. The summed E-state index contributed by atoms with van der Waals surface area (Å²) in [7, 11) is -1.75. The van der Waals surface area contributed by atoms with Gasteiger partial charge in [-0.25, -0.2) is 4.39 Å². The average molecular weight is 356 g/mol. The summed E-state index contributed by atoms with van der Waals surface area (Å²) in [5.41, 5.74) is 7.28. The van der Waals surface area contributed by atoms with Gasteiger partial charge >= 0.3 is 7.12 Å². The molecule has 0 fully saturated rings. The van der Waals surface area contributed by atoms with Crippen molar-refractivity contribution in [3.63, 3.8) is 0 Å². The lowest BCUT2D eigenvalue weighted by molar-refractivity contribution is -0.120. The molecule has 0 aliphatic heterocycles. The molecule has 0 aliphatic carbocycles. The largest absolute Gasteiger partial charge is 0.475 e. The first-order valence-corrected chi connectivity index (χ1v) is 8.08. The van der Waals surface area contributed by atoms with Crippen molar-refractivity contribution in [1.82, 2.24) is 5.32 Å². The summed E-state index contributed by atoms with van der Waals surface area (Å²) < 4.78 is 18.9. The van der Waals surface area contributed by atoms with Gasteiger partial charge in [-0.2, -0.15) is 0 Å². The van der Waals surface area contributed by atoms with Gasteiger partial charge in [0.2, 0.25) is 5.91 Å². The Kier molecular flexibility index (Phi) is 5.25. The molecule has 0 spiro atoms. The quantitative estimate of drug-likeness (QED) is 0.395. The third kappa shape index (κ3) is 4.04. The molecule has 1 unspecified atom stereocenters. The zero-order valence-electron chi connectivity index (χ0n) is 13.9. The Labute approximate surface area is 149 Å². The molecule has 3 rings (SSSR count). The minimum absolute atomic E-state index is 0.00431. The van der Waals surface area contributed by atoms with Gasteiger partial charge in [0.05, 0.1) is 24.3 Å². The van der Waals surface area contributed by atoms with E-state index < -0.39 is 24.8 Å². The van der Waals surface area contributed by atoms with Gasteiger partial charge in [-0.3, -0.25) is 4.79 Å². The summed E-state index contributed by atoms with van der Waals surface area (Å²) in [5.74, 6) is -1.99. The summed E-state index contributed by atoms with van der Waals surface area (Å²) in [6, 6.07) is 11.5. The van der Waals surface area contributed by atoms with Crippen LogP contribution in [0.1, 0.15) is 11.1 Å². The van der Waals surface area contributed by atoms with E-state index >= 15 is 0 Å². The van der Waals surface area contributed by atoms with Crippen LogP contribution in [-0.2, 0) is 17.6 Å². The number of amides is 1. The molecule has 1 amide bonds. The number of furan rings is 1. The lowest BCUT2D eigenvalue weighted by atomic mass is 9.75. The first-order valence-electron chi connectivity index (χ1n) is 8.08. The van der Waals surface area contributed by atoms with Crippen LogP contribution in [-0.4, -0.2) is 29.0 Å². The van der Waals surface area contributed by atoms with Crippen molar-refractivity contribution in [2.75, 3.05) is 5.73 Å². The molecule has 0 aliphatic rings. The topological polar surface area (TPSA) is 109 Å². The predicted octanol–water partition coefficient (Wildman–Crippen LogP) is 1.44. The maximum Gasteiger partial charge on any atom is 0.475 e. The highest BCUT2D eigenvalue weighted by Gasteiger charge is 2.27. The zero-order valence-corrected chi connectivity index (χ0v) is 13.9. The number of carbonyl (C=O) groups is 1. The van der Waals surface area contributed by atoms with Gasteiger partial charge < -0.3 is 25.5 Å². The van der Waals surface area contributed by atoms with Crippen molar-refractivity contribution in [2.24, 2.45) is 0 Å². The molecule has 1 heterocycles. The van der Waals surface area contributed by atoms with E-state index in [9.17, 15) is 19.2 Å². The van der Waals surface area contributed by atoms with E-state index in [-0.39, 0.29) is 18.5 Å². The Morgan fingerprint density at radius 2 is 2.04 bits per heavy atom. The number of nitrogens with one attached hydrogen (secondary N) is 1. The molecule has 0 radical (unpaired) electrons. The fourth-order valence-corrected chi connectivity index (χ4v) is 2.78. The molecule has 26 heavy (non-hydrogen) atoms. The summed E-state index contributed by atoms with van der Waals surface area (Å²) >= 11 is 0. The molecule has 1 aromatic heterocycles. The third-order valence-electron chi connectivity index (χ3n) is 4.14. The minimum Gasteiger partial charge on any atom is -0.464 e. The Balaban J connectivity index is 1.70. The summed E-state index contributed by atoms with van der Waals surface area (Å²) in [5, 5.41) is 22.6. The van der Waals surface area contributed by atoms with Gasteiger partial charge in [-0.1, -0.05) is 24.3 Å². The van der Waals surface area contributed by atoms with Crippen LogP contribution in [0, 0.1) is 5.82 Å². The van der Waals surface area contributed by atoms with E-state index in [0.29, 0.717) is 11.1 Å². The molecule has 0 bridgehead atoms. The number of anilines is 1. The molecule has 8 heteroatoms. The smallest absolute Gasteiger partial charge is 0.464 e. The summed E-state index contributed by atoms with van der Waals surface area (Å²) in [4.78, 5) is 12.2. The highest BCUT2D eigenvalue weighted by molar-refractivity contribution is 6.43. The lowest BCUT2D eigenvalue weighted by Crippen LogP contribution is -2.48. The van der Waals surface area contributed by atoms with Crippen molar-refractivity contribution >= 4 is 29.7 Å². The van der Waals surface area contributed by atoms with E-state index in [1.165, 1.54) is 18.4 Å². The SMILES string of the molecule is Nc1ccc(CC(=O)NC(Cc2coc3ccccc23)B(O)O)cc1F. The number of benzene rings is 2. The minimum atomic E-state index is -1.75. The fraction of sp³-hybridized carbons (Fsp3) is 0.167. The third-order valence-corrected chi connectivity index (χ3v) is 4.14. The fourth-order valence-electron chi connectivity index (χ4n) is 2.78. The predicted molar refractivity (Wildman–Crippen MR) is 96.6 cm³/mol. The number of para-hydroxylation sites is 1. The van der Waals surface area contributed by atoms with Crippen LogP contribution in [0.25, 0.3) is 11.0 Å². The number of hydrogen-bond donors (Lipinski definition) is 4. The highest BCUT2D eigenvalue weighted by Crippen LogP contribution is 2.22. The second kappa shape index (κ2) is 7.59. The van der Waals surface area contributed by atoms with E-state index in [4.69, 9.17) is 10.2 Å². The highest BCUT2D eigenvalue weighted by atomic mass is 19.1. The second-order valence-electron chi connectivity index (χ2n) is 6.08. The van der Waals surface area contributed by atoms with E-state index in [1.807, 2.05) is 18.2 Å². The van der Waals surface area contributed by atoms with E-state index in [0.717, 1.165) is 10.9 Å². The molecule has 2 aromatic carbocycles. The van der Waals surface area contributed by atoms with Crippen LogP contribution >= 0.6 is 0 Å². The normalized spacial score (nSPS) is 12.1. The van der Waals surface area contributed by atoms with Gasteiger partial charge in [-0.15, -0.1) is 0 Å². The number of nitrogen functional groups attached to an aromatic ring is 1. The van der Waals surface area contributed by atoms with Gasteiger partial charge in [-0.05, 0) is 35.7 Å². The Bertz CT molecular complexity index is 928. The Hall–Kier alpha value is -2.84. The van der Waals surface area contributed by atoms with Gasteiger partial charge in [0.25, 0.3) is 0 Å².